The first-order valence-electron chi connectivity index (χ1n) is 13.7. The van der Waals surface area contributed by atoms with E-state index in [1.165, 1.54) is 96.3 Å². The topological polar surface area (TPSA) is 46.5 Å². The van der Waals surface area contributed by atoms with E-state index in [0.29, 0.717) is 17.5 Å². The first-order chi connectivity index (χ1) is 15.3. The smallest absolute Gasteiger partial charge is 0.320 e. The monoisotopic (exact) mass is 474 g/mol. The van der Waals surface area contributed by atoms with Gasteiger partial charge >= 0.3 is 7.60 Å². The van der Waals surface area contributed by atoms with Gasteiger partial charge in [-0.2, -0.15) is 0 Å². The Kier molecular flexibility index (Phi) is 20.1. The number of hydrogen-bond acceptors (Lipinski definition) is 2. The largest absolute Gasteiger partial charge is 0.385 e. The number of rotatable bonds is 23. The van der Waals surface area contributed by atoms with Gasteiger partial charge in [0, 0.05) is 6.42 Å². The molecule has 0 spiro atoms. The Bertz CT molecular complexity index is 488. The normalized spacial score (nSPS) is 15.3. The predicted molar refractivity (Wildman–Crippen MR) is 141 cm³/mol. The fraction of sp³-hybridized carbons (Fsp3) is 0.926. The van der Waals surface area contributed by atoms with Crippen molar-refractivity contribution in [2.45, 2.75) is 135 Å². The number of quaternary nitrogens is 1. The van der Waals surface area contributed by atoms with Crippen LogP contribution in [0.1, 0.15) is 129 Å². The third-order valence-corrected chi connectivity index (χ3v) is 8.68. The second-order valence-electron chi connectivity index (χ2n) is 10.4. The van der Waals surface area contributed by atoms with Gasteiger partial charge in [0.1, 0.15) is 0 Å². The van der Waals surface area contributed by atoms with Gasteiger partial charge in [0.15, 0.2) is 5.78 Å². The van der Waals surface area contributed by atoms with Crippen LogP contribution in [0.3, 0.4) is 0 Å². The molecule has 2 atom stereocenters. The van der Waals surface area contributed by atoms with Gasteiger partial charge in [-0.3, -0.25) is 4.57 Å². The Morgan fingerprint density at radius 1 is 0.719 bits per heavy atom. The Balaban J connectivity index is 3.46. The van der Waals surface area contributed by atoms with E-state index in [9.17, 15) is 9.46 Å². The summed E-state index contributed by atoms with van der Waals surface area (Å²) in [5.74, 6) is -0.350. The van der Waals surface area contributed by atoms with Crippen LogP contribution in [0.25, 0.3) is 0 Å². The molecule has 0 aliphatic carbocycles. The van der Waals surface area contributed by atoms with Crippen molar-refractivity contribution in [2.75, 3.05) is 27.7 Å². The molecular formula is C27H57NO3P+. The summed E-state index contributed by atoms with van der Waals surface area (Å²) in [6, 6.07) is 0. The summed E-state index contributed by atoms with van der Waals surface area (Å²) in [6.45, 7) is 4.63. The summed E-state index contributed by atoms with van der Waals surface area (Å²) >= 11 is 0. The number of allylic oxidation sites excluding steroid dienone is 2. The molecule has 4 nitrogen and oxygen atoms in total. The minimum atomic E-state index is -3.55. The highest BCUT2D eigenvalue weighted by Gasteiger charge is 2.41. The van der Waals surface area contributed by atoms with Gasteiger partial charge in [-0.05, 0) is 32.1 Å². The van der Waals surface area contributed by atoms with Crippen LogP contribution in [-0.2, 0) is 9.09 Å². The lowest BCUT2D eigenvalue weighted by atomic mass is 10.1. The lowest BCUT2D eigenvalue weighted by molar-refractivity contribution is -0.883. The summed E-state index contributed by atoms with van der Waals surface area (Å²) < 4.78 is 18.4. The molecule has 1 N–H and O–H groups in total. The summed E-state index contributed by atoms with van der Waals surface area (Å²) in [5, 5.41) is 0. The molecule has 32 heavy (non-hydrogen) atoms. The molecule has 0 aliphatic rings. The molecule has 0 aliphatic heterocycles. The second kappa shape index (κ2) is 20.2. The molecule has 0 amide bonds. The summed E-state index contributed by atoms with van der Waals surface area (Å²) in [4.78, 5) is 10.3. The lowest BCUT2D eigenvalue weighted by Gasteiger charge is -2.35. The number of nitrogens with zero attached hydrogens (tertiary/aromatic N) is 1. The molecule has 0 fully saturated rings. The fourth-order valence-electron chi connectivity index (χ4n) is 4.38. The maximum atomic E-state index is 12.5. The molecular weight excluding hydrogens is 417 g/mol. The zero-order valence-corrected chi connectivity index (χ0v) is 23.2. The van der Waals surface area contributed by atoms with Crippen molar-refractivity contribution < 1.29 is 18.5 Å². The van der Waals surface area contributed by atoms with Gasteiger partial charge in [0.05, 0.1) is 27.7 Å². The summed E-state index contributed by atoms with van der Waals surface area (Å²) in [6.07, 6.45) is 27.4. The minimum Gasteiger partial charge on any atom is -0.320 e. The molecule has 0 aromatic heterocycles. The van der Waals surface area contributed by atoms with Crippen molar-refractivity contribution in [2.24, 2.45) is 0 Å². The molecule has 0 aromatic rings. The molecule has 2 unspecified atom stereocenters. The van der Waals surface area contributed by atoms with Gasteiger partial charge in [-0.15, -0.1) is 0 Å². The highest BCUT2D eigenvalue weighted by Crippen LogP contribution is 2.51. The molecule has 192 valence electrons. The van der Waals surface area contributed by atoms with E-state index >= 15 is 0 Å². The van der Waals surface area contributed by atoms with Gasteiger partial charge in [-0.1, -0.05) is 103 Å². The SMILES string of the molecule is CCCCCCCCCCC=CCCCCCCCCCOP(=O)(O)C(CC)[N+](C)(C)C. The quantitative estimate of drug-likeness (QED) is 0.0696. The van der Waals surface area contributed by atoms with Crippen molar-refractivity contribution in [3.63, 3.8) is 0 Å². The molecule has 0 heterocycles. The van der Waals surface area contributed by atoms with Crippen LogP contribution in [0.5, 0.6) is 0 Å². The van der Waals surface area contributed by atoms with Gasteiger partial charge in [-0.25, -0.2) is 0 Å². The third kappa shape index (κ3) is 18.3. The zero-order chi connectivity index (χ0) is 24.1. The Morgan fingerprint density at radius 2 is 1.12 bits per heavy atom. The molecule has 0 rings (SSSR count). The van der Waals surface area contributed by atoms with E-state index in [1.54, 1.807) is 0 Å². The number of hydrogen-bond donors (Lipinski definition) is 1. The molecule has 0 radical (unpaired) electrons. The standard InChI is InChI=1S/C27H56NO3P/c1-6-8-9-10-11-12-13-14-15-16-17-18-19-20-21-22-23-24-25-26-31-32(29,30)27(7-2)28(3,4)5/h16-17,27H,6-15,18-26H2,1-5H3/p+1. The number of unbranched alkanes of at least 4 members (excludes halogenated alkanes) is 15. The summed E-state index contributed by atoms with van der Waals surface area (Å²) in [7, 11) is 2.30. The van der Waals surface area contributed by atoms with Crippen LogP contribution >= 0.6 is 7.60 Å². The van der Waals surface area contributed by atoms with E-state index in [1.807, 2.05) is 28.1 Å². The van der Waals surface area contributed by atoms with Gasteiger partial charge < -0.3 is 13.9 Å². The Hall–Kier alpha value is -0.150. The maximum absolute atomic E-state index is 12.5. The maximum Gasteiger partial charge on any atom is 0.385 e. The van der Waals surface area contributed by atoms with Crippen molar-refractivity contribution in [1.29, 1.82) is 0 Å². The zero-order valence-electron chi connectivity index (χ0n) is 22.3. The average molecular weight is 475 g/mol. The van der Waals surface area contributed by atoms with E-state index in [2.05, 4.69) is 19.1 Å². The minimum absolute atomic E-state index is 0.350. The van der Waals surface area contributed by atoms with Crippen molar-refractivity contribution >= 4 is 7.60 Å². The highest BCUT2D eigenvalue weighted by molar-refractivity contribution is 7.53. The molecule has 0 saturated carbocycles. The van der Waals surface area contributed by atoms with Crippen LogP contribution in [-0.4, -0.2) is 42.9 Å². The molecule has 0 saturated heterocycles. The molecule has 5 heteroatoms. The van der Waals surface area contributed by atoms with Gasteiger partial charge in [0.2, 0.25) is 0 Å². The lowest BCUT2D eigenvalue weighted by Crippen LogP contribution is -2.44. The Morgan fingerprint density at radius 3 is 1.53 bits per heavy atom. The summed E-state index contributed by atoms with van der Waals surface area (Å²) in [5.41, 5.74) is 0. The molecule has 0 bridgehead atoms. The van der Waals surface area contributed by atoms with E-state index < -0.39 is 7.60 Å². The first kappa shape index (κ1) is 31.9. The average Bonchev–Trinajstić information content (AvgIpc) is 2.71. The van der Waals surface area contributed by atoms with E-state index in [0.717, 1.165) is 12.8 Å². The second-order valence-corrected chi connectivity index (χ2v) is 12.4. The molecule has 0 aromatic carbocycles. The highest BCUT2D eigenvalue weighted by atomic mass is 31.2. The van der Waals surface area contributed by atoms with Crippen LogP contribution in [0.2, 0.25) is 0 Å². The van der Waals surface area contributed by atoms with E-state index in [4.69, 9.17) is 4.52 Å². The van der Waals surface area contributed by atoms with Crippen LogP contribution in [0.15, 0.2) is 12.2 Å². The van der Waals surface area contributed by atoms with Gasteiger partial charge in [0.25, 0.3) is 0 Å². The van der Waals surface area contributed by atoms with Crippen LogP contribution < -0.4 is 0 Å². The van der Waals surface area contributed by atoms with Crippen molar-refractivity contribution in [1.82, 2.24) is 0 Å². The first-order valence-corrected chi connectivity index (χ1v) is 15.3. The third-order valence-electron chi connectivity index (χ3n) is 6.32. The predicted octanol–water partition coefficient (Wildman–Crippen LogP) is 8.84. The van der Waals surface area contributed by atoms with Crippen LogP contribution in [0, 0.1) is 0 Å². The van der Waals surface area contributed by atoms with Crippen molar-refractivity contribution in [3.8, 4) is 0 Å². The van der Waals surface area contributed by atoms with Crippen molar-refractivity contribution in [3.05, 3.63) is 12.2 Å². The van der Waals surface area contributed by atoms with E-state index in [-0.39, 0.29) is 5.78 Å². The Labute approximate surface area is 201 Å². The fourth-order valence-corrected chi connectivity index (χ4v) is 6.28. The van der Waals surface area contributed by atoms with Crippen LogP contribution in [0.4, 0.5) is 0 Å².